The van der Waals surface area contributed by atoms with Crippen LogP contribution < -0.4 is 4.74 Å². The highest BCUT2D eigenvalue weighted by Crippen LogP contribution is 2.15. The molecule has 1 aromatic carbocycles. The van der Waals surface area contributed by atoms with Gasteiger partial charge in [0.25, 0.3) is 5.91 Å². The van der Waals surface area contributed by atoms with Gasteiger partial charge in [0.2, 0.25) is 0 Å². The van der Waals surface area contributed by atoms with Crippen LogP contribution in [-0.4, -0.2) is 17.6 Å². The Bertz CT molecular complexity index is 518. The molecule has 2 aromatic rings. The van der Waals surface area contributed by atoms with Gasteiger partial charge in [-0.05, 0) is 50.2 Å². The number of aromatic nitrogens is 1. The molecule has 0 unspecified atom stereocenters. The molecule has 0 radical (unpaired) electrons. The molecule has 0 saturated heterocycles. The number of ether oxygens (including phenoxy) is 1. The van der Waals surface area contributed by atoms with Crippen molar-refractivity contribution in [2.75, 3.05) is 7.11 Å². The molecule has 3 nitrogen and oxygen atoms in total. The topological polar surface area (TPSA) is 31.2 Å². The molecule has 0 N–H and O–H groups in total. The van der Waals surface area contributed by atoms with E-state index in [4.69, 9.17) is 4.74 Å². The lowest BCUT2D eigenvalue weighted by Crippen LogP contribution is -2.14. The third-order valence-corrected chi connectivity index (χ3v) is 2.81. The highest BCUT2D eigenvalue weighted by molar-refractivity contribution is 5.97. The van der Waals surface area contributed by atoms with Gasteiger partial charge in [-0.1, -0.05) is 0 Å². The summed E-state index contributed by atoms with van der Waals surface area (Å²) in [6.45, 7) is 3.85. The second-order valence-corrected chi connectivity index (χ2v) is 3.99. The summed E-state index contributed by atoms with van der Waals surface area (Å²) in [5, 5.41) is 0. The molecule has 0 aliphatic rings. The lowest BCUT2D eigenvalue weighted by atomic mass is 10.2. The van der Waals surface area contributed by atoms with E-state index in [-0.39, 0.29) is 5.91 Å². The summed E-state index contributed by atoms with van der Waals surface area (Å²) in [4.78, 5) is 12.3. The minimum atomic E-state index is -0.00680. The summed E-state index contributed by atoms with van der Waals surface area (Å²) >= 11 is 0. The molecule has 1 heterocycles. The quantitative estimate of drug-likeness (QED) is 0.793. The van der Waals surface area contributed by atoms with Crippen molar-refractivity contribution < 1.29 is 9.53 Å². The maximum Gasteiger partial charge on any atom is 0.262 e. The maximum absolute atomic E-state index is 12.3. The second-order valence-electron chi connectivity index (χ2n) is 3.99. The fourth-order valence-electron chi connectivity index (χ4n) is 1.85. The molecule has 0 aliphatic carbocycles. The Morgan fingerprint density at radius 3 is 2.00 bits per heavy atom. The molecule has 1 aromatic heterocycles. The van der Waals surface area contributed by atoms with Gasteiger partial charge in [0.15, 0.2) is 0 Å². The van der Waals surface area contributed by atoms with Crippen LogP contribution >= 0.6 is 0 Å². The molecule has 0 aliphatic heterocycles. The Labute approximate surface area is 101 Å². The standard InChI is InChI=1S/C14H15NO2/c1-10-4-5-11(2)15(10)14(16)12-6-8-13(17-3)9-7-12/h4-9H,1-3H3. The molecule has 2 rings (SSSR count). The molecule has 0 spiro atoms. The fourth-order valence-corrected chi connectivity index (χ4v) is 1.85. The number of rotatable bonds is 2. The first-order valence-corrected chi connectivity index (χ1v) is 5.47. The van der Waals surface area contributed by atoms with Gasteiger partial charge in [0.1, 0.15) is 5.75 Å². The normalized spacial score (nSPS) is 10.3. The highest BCUT2D eigenvalue weighted by atomic mass is 16.5. The van der Waals surface area contributed by atoms with Gasteiger partial charge in [-0.2, -0.15) is 0 Å². The molecule has 0 fully saturated rings. The summed E-state index contributed by atoms with van der Waals surface area (Å²) < 4.78 is 6.78. The predicted octanol–water partition coefficient (Wildman–Crippen LogP) is 2.80. The van der Waals surface area contributed by atoms with Crippen LogP contribution in [0, 0.1) is 13.8 Å². The molecular weight excluding hydrogens is 214 g/mol. The van der Waals surface area contributed by atoms with Crippen LogP contribution in [-0.2, 0) is 0 Å². The van der Waals surface area contributed by atoms with Crippen molar-refractivity contribution in [1.29, 1.82) is 0 Å². The Kier molecular flexibility index (Phi) is 3.00. The summed E-state index contributed by atoms with van der Waals surface area (Å²) in [5.74, 6) is 0.746. The number of hydrogen-bond donors (Lipinski definition) is 0. The maximum atomic E-state index is 12.3. The van der Waals surface area contributed by atoms with Gasteiger partial charge >= 0.3 is 0 Å². The van der Waals surface area contributed by atoms with Gasteiger partial charge in [0.05, 0.1) is 7.11 Å². The number of benzene rings is 1. The van der Waals surface area contributed by atoms with Gasteiger partial charge in [-0.15, -0.1) is 0 Å². The van der Waals surface area contributed by atoms with Crippen LogP contribution in [0.2, 0.25) is 0 Å². The van der Waals surface area contributed by atoms with Gasteiger partial charge in [-0.3, -0.25) is 9.36 Å². The Balaban J connectivity index is 2.37. The Morgan fingerprint density at radius 2 is 1.53 bits per heavy atom. The number of nitrogens with zero attached hydrogens (tertiary/aromatic N) is 1. The summed E-state index contributed by atoms with van der Waals surface area (Å²) in [7, 11) is 1.61. The lowest BCUT2D eigenvalue weighted by molar-refractivity contribution is 0.0956. The van der Waals surface area contributed by atoms with Gasteiger partial charge < -0.3 is 4.74 Å². The van der Waals surface area contributed by atoms with Crippen LogP contribution in [0.5, 0.6) is 5.75 Å². The van der Waals surface area contributed by atoms with Crippen molar-refractivity contribution in [3.05, 3.63) is 53.3 Å². The first kappa shape index (κ1) is 11.5. The van der Waals surface area contributed by atoms with E-state index in [1.807, 2.05) is 26.0 Å². The van der Waals surface area contributed by atoms with E-state index in [0.29, 0.717) is 5.56 Å². The molecular formula is C14H15NO2. The third kappa shape index (κ3) is 2.09. The van der Waals surface area contributed by atoms with Gasteiger partial charge in [0, 0.05) is 17.0 Å². The SMILES string of the molecule is COc1ccc(C(=O)n2c(C)ccc2C)cc1. The molecule has 0 amide bonds. The molecule has 3 heteroatoms. The average Bonchev–Trinajstić information content (AvgIpc) is 2.68. The molecule has 0 atom stereocenters. The Morgan fingerprint density at radius 1 is 1.00 bits per heavy atom. The largest absolute Gasteiger partial charge is 0.497 e. The molecule has 0 bridgehead atoms. The van der Waals surface area contributed by atoms with Crippen molar-refractivity contribution in [2.24, 2.45) is 0 Å². The van der Waals surface area contributed by atoms with E-state index in [2.05, 4.69) is 0 Å². The second kappa shape index (κ2) is 4.45. The van der Waals surface area contributed by atoms with Crippen LogP contribution in [0.1, 0.15) is 21.7 Å². The fraction of sp³-hybridized carbons (Fsp3) is 0.214. The van der Waals surface area contributed by atoms with Crippen molar-refractivity contribution >= 4 is 5.91 Å². The zero-order valence-corrected chi connectivity index (χ0v) is 10.2. The number of methoxy groups -OCH3 is 1. The minimum Gasteiger partial charge on any atom is -0.497 e. The zero-order valence-electron chi connectivity index (χ0n) is 10.2. The number of aryl methyl sites for hydroxylation is 2. The summed E-state index contributed by atoms with van der Waals surface area (Å²) in [6.07, 6.45) is 0. The number of carbonyl (C=O) groups excluding carboxylic acids is 1. The monoisotopic (exact) mass is 229 g/mol. The van der Waals surface area contributed by atoms with Crippen LogP contribution in [0.3, 0.4) is 0 Å². The molecule has 0 saturated carbocycles. The van der Waals surface area contributed by atoms with Crippen molar-refractivity contribution in [3.8, 4) is 5.75 Å². The van der Waals surface area contributed by atoms with Crippen molar-refractivity contribution in [3.63, 3.8) is 0 Å². The molecule has 88 valence electrons. The lowest BCUT2D eigenvalue weighted by Gasteiger charge is -2.08. The zero-order chi connectivity index (χ0) is 12.4. The number of hydrogen-bond acceptors (Lipinski definition) is 2. The van der Waals surface area contributed by atoms with Gasteiger partial charge in [-0.25, -0.2) is 0 Å². The third-order valence-electron chi connectivity index (χ3n) is 2.81. The van der Waals surface area contributed by atoms with E-state index in [0.717, 1.165) is 17.1 Å². The van der Waals surface area contributed by atoms with E-state index in [1.165, 1.54) is 0 Å². The van der Waals surface area contributed by atoms with E-state index >= 15 is 0 Å². The van der Waals surface area contributed by atoms with Crippen molar-refractivity contribution in [1.82, 2.24) is 4.57 Å². The van der Waals surface area contributed by atoms with Crippen LogP contribution in [0.15, 0.2) is 36.4 Å². The summed E-state index contributed by atoms with van der Waals surface area (Å²) in [6, 6.07) is 11.0. The van der Waals surface area contributed by atoms with Crippen LogP contribution in [0.4, 0.5) is 0 Å². The smallest absolute Gasteiger partial charge is 0.262 e. The van der Waals surface area contributed by atoms with E-state index < -0.39 is 0 Å². The Hall–Kier alpha value is -2.03. The predicted molar refractivity (Wildman–Crippen MR) is 66.6 cm³/mol. The number of carbonyl (C=O) groups is 1. The molecule has 17 heavy (non-hydrogen) atoms. The average molecular weight is 229 g/mol. The summed E-state index contributed by atoms with van der Waals surface area (Å²) in [5.41, 5.74) is 2.56. The first-order chi connectivity index (χ1) is 8.13. The van der Waals surface area contributed by atoms with E-state index in [9.17, 15) is 4.79 Å². The highest BCUT2D eigenvalue weighted by Gasteiger charge is 2.12. The minimum absolute atomic E-state index is 0.00680. The van der Waals surface area contributed by atoms with Crippen molar-refractivity contribution in [2.45, 2.75) is 13.8 Å². The first-order valence-electron chi connectivity index (χ1n) is 5.47. The van der Waals surface area contributed by atoms with Crippen LogP contribution in [0.25, 0.3) is 0 Å². The van der Waals surface area contributed by atoms with E-state index in [1.54, 1.807) is 35.9 Å².